The molecule has 4 heterocycles. The summed E-state index contributed by atoms with van der Waals surface area (Å²) in [6.07, 6.45) is 6.11. The van der Waals surface area contributed by atoms with Gasteiger partial charge in [0.1, 0.15) is 5.69 Å². The third-order valence-corrected chi connectivity index (χ3v) is 7.27. The largest absolute Gasteiger partial charge is 0.481 e. The molecule has 1 fully saturated rings. The van der Waals surface area contributed by atoms with Crippen molar-refractivity contribution in [2.45, 2.75) is 59.4 Å². The smallest absolute Gasteiger partial charge is 0.306 e. The molecule has 192 valence electrons. The molecule has 2 atom stereocenters. The highest BCUT2D eigenvalue weighted by Gasteiger charge is 2.33. The van der Waals surface area contributed by atoms with Crippen molar-refractivity contribution < 1.29 is 9.90 Å². The van der Waals surface area contributed by atoms with E-state index < -0.39 is 5.97 Å². The number of aryl methyl sites for hydroxylation is 3. The van der Waals surface area contributed by atoms with Crippen molar-refractivity contribution in [2.75, 3.05) is 18.0 Å². The molecule has 1 unspecified atom stereocenters. The molecule has 3 aromatic heterocycles. The first-order valence-electron chi connectivity index (χ1n) is 12.9. The van der Waals surface area contributed by atoms with E-state index in [0.717, 1.165) is 67.1 Å². The van der Waals surface area contributed by atoms with Crippen LogP contribution in [0.15, 0.2) is 35.3 Å². The zero-order valence-electron chi connectivity index (χ0n) is 21.6. The quantitative estimate of drug-likeness (QED) is 0.461. The van der Waals surface area contributed by atoms with Crippen molar-refractivity contribution >= 4 is 11.7 Å². The van der Waals surface area contributed by atoms with Gasteiger partial charge >= 0.3 is 5.97 Å². The molecule has 0 radical (unpaired) electrons. The Morgan fingerprint density at radius 1 is 1.19 bits per heavy atom. The van der Waals surface area contributed by atoms with Crippen LogP contribution < -0.4 is 10.5 Å². The predicted molar refractivity (Wildman–Crippen MR) is 139 cm³/mol. The zero-order chi connectivity index (χ0) is 25.8. The van der Waals surface area contributed by atoms with Crippen LogP contribution in [0.3, 0.4) is 0 Å². The van der Waals surface area contributed by atoms with E-state index in [-0.39, 0.29) is 17.4 Å². The number of hydrogen-bond donors (Lipinski definition) is 1. The summed E-state index contributed by atoms with van der Waals surface area (Å²) in [6, 6.07) is 7.53. The van der Waals surface area contributed by atoms with Crippen molar-refractivity contribution in [3.8, 4) is 11.4 Å². The van der Waals surface area contributed by atoms with Gasteiger partial charge in [-0.25, -0.2) is 9.67 Å². The Morgan fingerprint density at radius 2 is 2.00 bits per heavy atom. The van der Waals surface area contributed by atoms with Crippen molar-refractivity contribution in [1.29, 1.82) is 0 Å². The SMILES string of the molecule is CCCc1ccc(=O)n(Cc2c(-c3ccc(N4CC[C@@H](C(CC)C(=O)O)C4)c(CC)n3)nnn2C)c1. The maximum Gasteiger partial charge on any atom is 0.306 e. The molecule has 36 heavy (non-hydrogen) atoms. The van der Waals surface area contributed by atoms with Crippen LogP contribution in [0.25, 0.3) is 11.4 Å². The van der Waals surface area contributed by atoms with Gasteiger partial charge in [0.15, 0.2) is 0 Å². The third-order valence-electron chi connectivity index (χ3n) is 7.27. The molecular formula is C27H36N6O3. The van der Waals surface area contributed by atoms with Gasteiger partial charge in [0, 0.05) is 32.4 Å². The lowest BCUT2D eigenvalue weighted by Crippen LogP contribution is -2.27. The number of anilines is 1. The molecule has 1 aliphatic heterocycles. The molecule has 9 heteroatoms. The molecule has 1 aliphatic rings. The summed E-state index contributed by atoms with van der Waals surface area (Å²) in [5.41, 5.74) is 5.29. The fourth-order valence-corrected chi connectivity index (χ4v) is 5.27. The number of rotatable bonds is 10. The lowest BCUT2D eigenvalue weighted by Gasteiger charge is -2.23. The average molecular weight is 493 g/mol. The highest BCUT2D eigenvalue weighted by Crippen LogP contribution is 2.33. The maximum atomic E-state index is 12.5. The van der Waals surface area contributed by atoms with E-state index in [1.807, 2.05) is 32.3 Å². The van der Waals surface area contributed by atoms with E-state index in [2.05, 4.69) is 35.1 Å². The first kappa shape index (κ1) is 25.6. The van der Waals surface area contributed by atoms with Crippen LogP contribution in [-0.4, -0.2) is 48.7 Å². The molecule has 4 rings (SSSR count). The van der Waals surface area contributed by atoms with Crippen LogP contribution in [0.1, 0.15) is 57.0 Å². The number of carboxylic acids is 1. The first-order chi connectivity index (χ1) is 17.4. The van der Waals surface area contributed by atoms with Crippen LogP contribution in [0, 0.1) is 11.8 Å². The van der Waals surface area contributed by atoms with Gasteiger partial charge in [-0.15, -0.1) is 5.10 Å². The summed E-state index contributed by atoms with van der Waals surface area (Å²) < 4.78 is 3.41. The van der Waals surface area contributed by atoms with Crippen LogP contribution >= 0.6 is 0 Å². The van der Waals surface area contributed by atoms with Gasteiger partial charge < -0.3 is 14.6 Å². The van der Waals surface area contributed by atoms with Crippen LogP contribution in [-0.2, 0) is 31.2 Å². The monoisotopic (exact) mass is 492 g/mol. The van der Waals surface area contributed by atoms with E-state index >= 15 is 0 Å². The molecule has 0 amide bonds. The summed E-state index contributed by atoms with van der Waals surface area (Å²) in [5.74, 6) is -0.873. The standard InChI is InChI=1S/C27H36N6O3/c1-5-8-18-9-12-25(34)33(15-18)17-24-26(29-30-31(24)4)22-10-11-23(21(7-3)28-22)32-14-13-19(16-32)20(6-2)27(35)36/h9-12,15,19-20H,5-8,13-14,16-17H2,1-4H3,(H,35,36)/t19-,20?/m1/s1. The number of carboxylic acid groups (broad SMARTS) is 1. The first-order valence-corrected chi connectivity index (χ1v) is 12.9. The third kappa shape index (κ3) is 5.20. The lowest BCUT2D eigenvalue weighted by molar-refractivity contribution is -0.143. The Bertz CT molecular complexity index is 1280. The molecule has 0 bridgehead atoms. The second-order valence-electron chi connectivity index (χ2n) is 9.63. The summed E-state index contributed by atoms with van der Waals surface area (Å²) in [7, 11) is 1.83. The average Bonchev–Trinajstić information content (AvgIpc) is 3.48. The Morgan fingerprint density at radius 3 is 2.69 bits per heavy atom. The molecule has 0 saturated carbocycles. The van der Waals surface area contributed by atoms with Gasteiger partial charge in [0.05, 0.1) is 35.2 Å². The number of hydrogen-bond acceptors (Lipinski definition) is 6. The van der Waals surface area contributed by atoms with Crippen LogP contribution in [0.5, 0.6) is 0 Å². The maximum absolute atomic E-state index is 12.5. The lowest BCUT2D eigenvalue weighted by atomic mass is 9.89. The van der Waals surface area contributed by atoms with Gasteiger partial charge in [-0.1, -0.05) is 38.5 Å². The fourth-order valence-electron chi connectivity index (χ4n) is 5.27. The van der Waals surface area contributed by atoms with Gasteiger partial charge in [0.25, 0.3) is 5.56 Å². The second kappa shape index (κ2) is 11.1. The van der Waals surface area contributed by atoms with Gasteiger partial charge in [-0.05, 0) is 49.3 Å². The summed E-state index contributed by atoms with van der Waals surface area (Å²) in [5, 5.41) is 18.2. The Labute approximate surface area is 211 Å². The van der Waals surface area contributed by atoms with Crippen LogP contribution in [0.2, 0.25) is 0 Å². The van der Waals surface area contributed by atoms with Crippen molar-refractivity contribution in [1.82, 2.24) is 24.5 Å². The molecule has 0 aromatic carbocycles. The summed E-state index contributed by atoms with van der Waals surface area (Å²) in [6.45, 7) is 8.06. The minimum atomic E-state index is -0.706. The number of carbonyl (C=O) groups is 1. The normalized spacial score (nSPS) is 16.4. The number of aromatic nitrogens is 5. The Balaban J connectivity index is 1.62. The zero-order valence-corrected chi connectivity index (χ0v) is 21.6. The molecule has 0 aliphatic carbocycles. The van der Waals surface area contributed by atoms with Crippen molar-refractivity contribution in [2.24, 2.45) is 18.9 Å². The molecular weight excluding hydrogens is 456 g/mol. The second-order valence-corrected chi connectivity index (χ2v) is 9.63. The number of aliphatic carboxylic acids is 1. The van der Waals surface area contributed by atoms with E-state index in [1.165, 1.54) is 0 Å². The summed E-state index contributed by atoms with van der Waals surface area (Å²) in [4.78, 5) is 31.4. The highest BCUT2D eigenvalue weighted by molar-refractivity contribution is 5.71. The topological polar surface area (TPSA) is 106 Å². The fraction of sp³-hybridized carbons (Fsp3) is 0.519. The van der Waals surface area contributed by atoms with Crippen LogP contribution in [0.4, 0.5) is 5.69 Å². The van der Waals surface area contributed by atoms with E-state index in [1.54, 1.807) is 15.3 Å². The molecule has 0 spiro atoms. The van der Waals surface area contributed by atoms with Gasteiger partial charge in [0.2, 0.25) is 0 Å². The molecule has 1 saturated heterocycles. The minimum Gasteiger partial charge on any atom is -0.481 e. The Kier molecular flexibility index (Phi) is 7.86. The van der Waals surface area contributed by atoms with Gasteiger partial charge in [-0.3, -0.25) is 9.59 Å². The predicted octanol–water partition coefficient (Wildman–Crippen LogP) is 3.54. The van der Waals surface area contributed by atoms with E-state index in [9.17, 15) is 14.7 Å². The molecule has 9 nitrogen and oxygen atoms in total. The Hall–Kier alpha value is -3.49. The molecule has 3 aromatic rings. The number of pyridine rings is 2. The number of nitrogens with zero attached hydrogens (tertiary/aromatic N) is 6. The van der Waals surface area contributed by atoms with Gasteiger partial charge in [-0.2, -0.15) is 0 Å². The van der Waals surface area contributed by atoms with Crippen molar-refractivity contribution in [3.05, 3.63) is 57.8 Å². The minimum absolute atomic E-state index is 0.0603. The van der Waals surface area contributed by atoms with Crippen molar-refractivity contribution in [3.63, 3.8) is 0 Å². The highest BCUT2D eigenvalue weighted by atomic mass is 16.4. The molecule has 1 N–H and O–H groups in total. The van der Waals surface area contributed by atoms with E-state index in [0.29, 0.717) is 18.7 Å². The summed E-state index contributed by atoms with van der Waals surface area (Å²) >= 11 is 0. The van der Waals surface area contributed by atoms with E-state index in [4.69, 9.17) is 4.98 Å².